The summed E-state index contributed by atoms with van der Waals surface area (Å²) in [6.07, 6.45) is 9.07. The minimum Gasteiger partial charge on any atom is -0.276 e. The molecule has 1 amide bonds. The van der Waals surface area contributed by atoms with Crippen LogP contribution in [0.15, 0.2) is 30.6 Å². The van der Waals surface area contributed by atoms with Crippen LogP contribution in [0.5, 0.6) is 0 Å². The average molecular weight is 389 g/mol. The SMILES string of the molecule is Cn1cc(C[C@H]2CC[C@H](C(=O)N3OCC[C@H]3c3cc(F)cc(F)c3)CC2)cn1. The first-order valence-corrected chi connectivity index (χ1v) is 9.89. The molecule has 1 saturated carbocycles. The Kier molecular flexibility index (Phi) is 5.44. The Balaban J connectivity index is 1.37. The second kappa shape index (κ2) is 7.99. The zero-order chi connectivity index (χ0) is 19.7. The van der Waals surface area contributed by atoms with Crippen molar-refractivity contribution in [1.82, 2.24) is 14.8 Å². The van der Waals surface area contributed by atoms with Gasteiger partial charge < -0.3 is 0 Å². The molecule has 2 aromatic rings. The smallest absolute Gasteiger partial charge is 0.249 e. The van der Waals surface area contributed by atoms with Crippen LogP contribution in [0.3, 0.4) is 0 Å². The molecular weight excluding hydrogens is 364 g/mol. The van der Waals surface area contributed by atoms with E-state index in [0.717, 1.165) is 38.2 Å². The van der Waals surface area contributed by atoms with Gasteiger partial charge in [0.2, 0.25) is 5.91 Å². The van der Waals surface area contributed by atoms with Gasteiger partial charge in [0.05, 0.1) is 18.8 Å². The van der Waals surface area contributed by atoms with Gasteiger partial charge in [-0.15, -0.1) is 0 Å². The van der Waals surface area contributed by atoms with Crippen molar-refractivity contribution in [3.63, 3.8) is 0 Å². The van der Waals surface area contributed by atoms with E-state index in [4.69, 9.17) is 4.84 Å². The van der Waals surface area contributed by atoms with E-state index in [1.165, 1.54) is 22.8 Å². The van der Waals surface area contributed by atoms with E-state index in [1.54, 1.807) is 0 Å². The summed E-state index contributed by atoms with van der Waals surface area (Å²) in [7, 11) is 1.91. The fraction of sp³-hybridized carbons (Fsp3) is 0.524. The predicted octanol–water partition coefficient (Wildman–Crippen LogP) is 3.95. The molecular formula is C21H25F2N3O2. The number of hydroxylamine groups is 2. The summed E-state index contributed by atoms with van der Waals surface area (Å²) in [6, 6.07) is 2.99. The Morgan fingerprint density at radius 2 is 1.86 bits per heavy atom. The van der Waals surface area contributed by atoms with Crippen molar-refractivity contribution < 1.29 is 18.4 Å². The number of hydrogen-bond donors (Lipinski definition) is 0. The number of carbonyl (C=O) groups is 1. The maximum absolute atomic E-state index is 13.6. The standard InChI is InChI=1S/C21H25F2N3O2/c1-25-13-15(12-24-25)8-14-2-4-16(5-3-14)21(27)26-20(6-7-28-26)17-9-18(22)11-19(23)10-17/h9-14,16,20H,2-8H2,1H3/t14-,16-,20-/m0/s1. The monoisotopic (exact) mass is 389 g/mol. The van der Waals surface area contributed by atoms with Crippen LogP contribution in [0.1, 0.15) is 49.3 Å². The summed E-state index contributed by atoms with van der Waals surface area (Å²) in [5.74, 6) is -0.868. The third-order valence-corrected chi connectivity index (χ3v) is 5.87. The van der Waals surface area contributed by atoms with Crippen LogP contribution in [-0.4, -0.2) is 27.4 Å². The molecule has 4 rings (SSSR count). The molecule has 0 spiro atoms. The summed E-state index contributed by atoms with van der Waals surface area (Å²) in [6.45, 7) is 0.380. The molecule has 1 atom stereocenters. The van der Waals surface area contributed by atoms with E-state index in [0.29, 0.717) is 24.5 Å². The van der Waals surface area contributed by atoms with Crippen LogP contribution in [0.2, 0.25) is 0 Å². The molecule has 2 aliphatic rings. The number of halogens is 2. The number of nitrogens with zero attached hydrogens (tertiary/aromatic N) is 3. The number of rotatable bonds is 4. The Morgan fingerprint density at radius 3 is 2.50 bits per heavy atom. The van der Waals surface area contributed by atoms with Crippen LogP contribution in [0.25, 0.3) is 0 Å². The summed E-state index contributed by atoms with van der Waals surface area (Å²) in [5.41, 5.74) is 1.68. The molecule has 1 aliphatic carbocycles. The summed E-state index contributed by atoms with van der Waals surface area (Å²) >= 11 is 0. The molecule has 0 bridgehead atoms. The van der Waals surface area contributed by atoms with Gasteiger partial charge >= 0.3 is 0 Å². The van der Waals surface area contributed by atoms with Crippen molar-refractivity contribution in [3.8, 4) is 0 Å². The molecule has 0 unspecified atom stereocenters. The van der Waals surface area contributed by atoms with Crippen molar-refractivity contribution in [1.29, 1.82) is 0 Å². The molecule has 1 aromatic carbocycles. The Morgan fingerprint density at radius 1 is 1.14 bits per heavy atom. The van der Waals surface area contributed by atoms with Crippen molar-refractivity contribution in [2.45, 2.75) is 44.6 Å². The van der Waals surface area contributed by atoms with E-state index >= 15 is 0 Å². The lowest BCUT2D eigenvalue weighted by Gasteiger charge is -2.32. The minimum absolute atomic E-state index is 0.0630. The normalized spacial score (nSPS) is 25.2. The third kappa shape index (κ3) is 4.09. The van der Waals surface area contributed by atoms with Crippen molar-refractivity contribution in [2.75, 3.05) is 6.61 Å². The van der Waals surface area contributed by atoms with Gasteiger partial charge in [-0.1, -0.05) is 0 Å². The summed E-state index contributed by atoms with van der Waals surface area (Å²) in [5, 5.41) is 5.57. The highest BCUT2D eigenvalue weighted by molar-refractivity contribution is 5.78. The largest absolute Gasteiger partial charge is 0.276 e. The van der Waals surface area contributed by atoms with Gasteiger partial charge in [0.15, 0.2) is 0 Å². The van der Waals surface area contributed by atoms with Crippen molar-refractivity contribution in [2.24, 2.45) is 18.9 Å². The van der Waals surface area contributed by atoms with E-state index in [9.17, 15) is 13.6 Å². The van der Waals surface area contributed by atoms with E-state index in [1.807, 2.05) is 24.1 Å². The Labute approximate surface area is 163 Å². The zero-order valence-corrected chi connectivity index (χ0v) is 16.0. The molecule has 0 radical (unpaired) electrons. The van der Waals surface area contributed by atoms with Crippen LogP contribution >= 0.6 is 0 Å². The second-order valence-corrected chi connectivity index (χ2v) is 7.95. The first kappa shape index (κ1) is 19.1. The number of amides is 1. The number of carbonyl (C=O) groups excluding carboxylic acids is 1. The highest BCUT2D eigenvalue weighted by atomic mass is 19.1. The van der Waals surface area contributed by atoms with Crippen molar-refractivity contribution >= 4 is 5.91 Å². The lowest BCUT2D eigenvalue weighted by Crippen LogP contribution is -2.36. The minimum atomic E-state index is -0.634. The van der Waals surface area contributed by atoms with E-state index in [-0.39, 0.29) is 11.8 Å². The number of benzene rings is 1. The van der Waals surface area contributed by atoms with Crippen molar-refractivity contribution in [3.05, 3.63) is 53.4 Å². The number of hydrogen-bond acceptors (Lipinski definition) is 3. The van der Waals surface area contributed by atoms with E-state index in [2.05, 4.69) is 5.10 Å². The fourth-order valence-electron chi connectivity index (χ4n) is 4.46. The molecule has 0 N–H and O–H groups in total. The maximum Gasteiger partial charge on any atom is 0.249 e. The third-order valence-electron chi connectivity index (χ3n) is 5.87. The molecule has 1 aromatic heterocycles. The van der Waals surface area contributed by atoms with Crippen LogP contribution in [0, 0.1) is 23.5 Å². The topological polar surface area (TPSA) is 47.4 Å². The molecule has 5 nitrogen and oxygen atoms in total. The van der Waals surface area contributed by atoms with Gasteiger partial charge in [0.25, 0.3) is 0 Å². The van der Waals surface area contributed by atoms with Gasteiger partial charge in [-0.2, -0.15) is 5.10 Å². The Bertz CT molecular complexity index is 826. The zero-order valence-electron chi connectivity index (χ0n) is 16.0. The van der Waals surface area contributed by atoms with Crippen LogP contribution < -0.4 is 0 Å². The van der Waals surface area contributed by atoms with Gasteiger partial charge in [-0.05, 0) is 61.3 Å². The highest BCUT2D eigenvalue weighted by Gasteiger charge is 2.37. The van der Waals surface area contributed by atoms with Gasteiger partial charge in [-0.3, -0.25) is 14.3 Å². The fourth-order valence-corrected chi connectivity index (χ4v) is 4.46. The van der Waals surface area contributed by atoms with Crippen LogP contribution in [0.4, 0.5) is 8.78 Å². The summed E-state index contributed by atoms with van der Waals surface area (Å²) < 4.78 is 29.0. The molecule has 1 aliphatic heterocycles. The van der Waals surface area contributed by atoms with Gasteiger partial charge in [-0.25, -0.2) is 13.8 Å². The Hall–Kier alpha value is -2.28. The number of aryl methyl sites for hydroxylation is 1. The van der Waals surface area contributed by atoms with Crippen LogP contribution in [-0.2, 0) is 23.1 Å². The molecule has 7 heteroatoms. The first-order chi connectivity index (χ1) is 13.5. The molecule has 150 valence electrons. The molecule has 1 saturated heterocycles. The quantitative estimate of drug-likeness (QED) is 0.795. The van der Waals surface area contributed by atoms with Gasteiger partial charge in [0.1, 0.15) is 11.6 Å². The highest BCUT2D eigenvalue weighted by Crippen LogP contribution is 2.37. The lowest BCUT2D eigenvalue weighted by atomic mass is 9.79. The predicted molar refractivity (Wildman–Crippen MR) is 98.9 cm³/mol. The average Bonchev–Trinajstić information content (AvgIpc) is 3.30. The number of aromatic nitrogens is 2. The summed E-state index contributed by atoms with van der Waals surface area (Å²) in [4.78, 5) is 18.6. The lowest BCUT2D eigenvalue weighted by molar-refractivity contribution is -0.183. The molecule has 28 heavy (non-hydrogen) atoms. The van der Waals surface area contributed by atoms with E-state index < -0.39 is 17.7 Å². The second-order valence-electron chi connectivity index (χ2n) is 7.95. The molecule has 2 fully saturated rings. The van der Waals surface area contributed by atoms with Gasteiger partial charge in [0, 0.05) is 31.6 Å². The maximum atomic E-state index is 13.6. The molecule has 2 heterocycles. The first-order valence-electron chi connectivity index (χ1n) is 9.89.